The van der Waals surface area contributed by atoms with Crippen molar-refractivity contribution >= 4 is 0 Å². The van der Waals surface area contributed by atoms with Gasteiger partial charge in [-0.25, -0.2) is 0 Å². The Morgan fingerprint density at radius 1 is 1.33 bits per heavy atom. The number of hydrogen-bond acceptors (Lipinski definition) is 3. The molecule has 0 amide bonds. The van der Waals surface area contributed by atoms with Crippen molar-refractivity contribution in [1.82, 2.24) is 15.1 Å². The third-order valence-electron chi connectivity index (χ3n) is 4.98. The van der Waals surface area contributed by atoms with Crippen LogP contribution in [0.5, 0.6) is 0 Å². The fraction of sp³-hybridized carbons (Fsp3) is 0.824. The minimum atomic E-state index is 0.215. The smallest absolute Gasteiger partial charge is 0.0779 e. The van der Waals surface area contributed by atoms with E-state index in [-0.39, 0.29) is 5.60 Å². The largest absolute Gasteiger partial charge is 0.370 e. The minimum absolute atomic E-state index is 0.215. The summed E-state index contributed by atoms with van der Waals surface area (Å²) >= 11 is 0. The van der Waals surface area contributed by atoms with Crippen LogP contribution in [0.15, 0.2) is 12.3 Å². The average molecular weight is 291 g/mol. The average Bonchev–Trinajstić information content (AvgIpc) is 3.06. The highest BCUT2D eigenvalue weighted by Crippen LogP contribution is 2.42. The molecule has 1 N–H and O–H groups in total. The van der Waals surface area contributed by atoms with Gasteiger partial charge in [0.05, 0.1) is 23.9 Å². The van der Waals surface area contributed by atoms with Crippen molar-refractivity contribution in [2.75, 3.05) is 0 Å². The van der Waals surface area contributed by atoms with Gasteiger partial charge in [0.2, 0.25) is 0 Å². The molecular weight excluding hydrogens is 262 g/mol. The van der Waals surface area contributed by atoms with Crippen molar-refractivity contribution in [1.29, 1.82) is 0 Å². The minimum Gasteiger partial charge on any atom is -0.370 e. The number of nitrogens with one attached hydrogen (secondary N) is 1. The highest BCUT2D eigenvalue weighted by Gasteiger charge is 2.40. The summed E-state index contributed by atoms with van der Waals surface area (Å²) in [6.45, 7) is 6.14. The quantitative estimate of drug-likeness (QED) is 0.905. The fourth-order valence-electron chi connectivity index (χ4n) is 3.76. The molecule has 4 nitrogen and oxygen atoms in total. The van der Waals surface area contributed by atoms with Crippen LogP contribution in [0, 0.1) is 0 Å². The molecular formula is C17H29N3O. The first-order valence-electron chi connectivity index (χ1n) is 8.59. The zero-order chi connectivity index (χ0) is 14.7. The van der Waals surface area contributed by atoms with E-state index in [9.17, 15) is 0 Å². The third-order valence-corrected chi connectivity index (χ3v) is 4.98. The number of aromatic nitrogens is 2. The van der Waals surface area contributed by atoms with E-state index in [1.807, 2.05) is 6.20 Å². The van der Waals surface area contributed by atoms with Crippen LogP contribution >= 0.6 is 0 Å². The van der Waals surface area contributed by atoms with E-state index in [1.54, 1.807) is 0 Å². The van der Waals surface area contributed by atoms with Gasteiger partial charge >= 0.3 is 0 Å². The van der Waals surface area contributed by atoms with Crippen LogP contribution < -0.4 is 5.32 Å². The van der Waals surface area contributed by atoms with E-state index in [1.165, 1.54) is 50.6 Å². The molecule has 21 heavy (non-hydrogen) atoms. The predicted molar refractivity (Wildman–Crippen MR) is 84.1 cm³/mol. The van der Waals surface area contributed by atoms with Gasteiger partial charge in [0, 0.05) is 18.8 Å². The second-order valence-electron chi connectivity index (χ2n) is 7.06. The summed E-state index contributed by atoms with van der Waals surface area (Å²) in [6, 6.07) is 2.61. The number of nitrogens with zero attached hydrogens (tertiary/aromatic N) is 2. The summed E-state index contributed by atoms with van der Waals surface area (Å²) in [6.07, 6.45) is 11.3. The van der Waals surface area contributed by atoms with Crippen LogP contribution in [0.3, 0.4) is 0 Å². The second kappa shape index (κ2) is 6.49. The first-order valence-corrected chi connectivity index (χ1v) is 8.59. The van der Waals surface area contributed by atoms with Gasteiger partial charge in [-0.15, -0.1) is 0 Å². The maximum atomic E-state index is 6.46. The Bertz CT molecular complexity index is 449. The zero-order valence-electron chi connectivity index (χ0n) is 13.5. The SMILES string of the molecule is CC(C)NCc1ccnn1CC1CCC2(CCCCC2)O1. The molecule has 1 spiro atoms. The first kappa shape index (κ1) is 15.0. The molecule has 1 saturated carbocycles. The second-order valence-corrected chi connectivity index (χ2v) is 7.06. The van der Waals surface area contributed by atoms with Crippen LogP contribution in [0.1, 0.15) is 64.5 Å². The molecule has 0 aromatic carbocycles. The molecule has 1 aromatic rings. The molecule has 1 aliphatic heterocycles. The lowest BCUT2D eigenvalue weighted by Crippen LogP contribution is -2.33. The standard InChI is InChI=1S/C17H29N3O/c1-14(2)18-12-15-7-11-19-20(15)13-16-6-10-17(21-16)8-4-3-5-9-17/h7,11,14,16,18H,3-6,8-10,12-13H2,1-2H3. The van der Waals surface area contributed by atoms with Crippen molar-refractivity contribution in [3.63, 3.8) is 0 Å². The summed E-state index contributed by atoms with van der Waals surface area (Å²) in [4.78, 5) is 0. The van der Waals surface area contributed by atoms with Gasteiger partial charge in [-0.2, -0.15) is 5.10 Å². The fourth-order valence-corrected chi connectivity index (χ4v) is 3.76. The Morgan fingerprint density at radius 2 is 2.14 bits per heavy atom. The Balaban J connectivity index is 1.56. The molecule has 1 unspecified atom stereocenters. The summed E-state index contributed by atoms with van der Waals surface area (Å²) in [5, 5.41) is 7.96. The summed E-state index contributed by atoms with van der Waals surface area (Å²) < 4.78 is 8.59. The van der Waals surface area contributed by atoms with Gasteiger partial charge in [0.1, 0.15) is 0 Å². The highest BCUT2D eigenvalue weighted by atomic mass is 16.5. The topological polar surface area (TPSA) is 39.1 Å². The summed E-state index contributed by atoms with van der Waals surface area (Å²) in [5.41, 5.74) is 1.48. The molecule has 1 aliphatic carbocycles. The lowest BCUT2D eigenvalue weighted by molar-refractivity contribution is -0.0690. The van der Waals surface area contributed by atoms with Gasteiger partial charge in [-0.3, -0.25) is 4.68 Å². The Kier molecular flexibility index (Phi) is 4.65. The van der Waals surface area contributed by atoms with Crippen molar-refractivity contribution < 1.29 is 4.74 Å². The molecule has 2 aliphatic rings. The van der Waals surface area contributed by atoms with E-state index >= 15 is 0 Å². The summed E-state index contributed by atoms with van der Waals surface area (Å²) in [7, 11) is 0. The van der Waals surface area contributed by atoms with Crippen molar-refractivity contribution in [2.45, 2.75) is 89.6 Å². The monoisotopic (exact) mass is 291 g/mol. The maximum absolute atomic E-state index is 6.46. The van der Waals surface area contributed by atoms with Crippen LogP contribution in [0.4, 0.5) is 0 Å². The molecule has 2 heterocycles. The molecule has 1 saturated heterocycles. The molecule has 2 fully saturated rings. The van der Waals surface area contributed by atoms with E-state index in [4.69, 9.17) is 4.74 Å². The van der Waals surface area contributed by atoms with Gasteiger partial charge in [0.25, 0.3) is 0 Å². The van der Waals surface area contributed by atoms with E-state index in [0.29, 0.717) is 12.1 Å². The first-order chi connectivity index (χ1) is 10.2. The van der Waals surface area contributed by atoms with E-state index in [0.717, 1.165) is 13.1 Å². The van der Waals surface area contributed by atoms with Gasteiger partial charge < -0.3 is 10.1 Å². The van der Waals surface area contributed by atoms with Crippen LogP contribution in [-0.4, -0.2) is 27.5 Å². The number of ether oxygens (including phenoxy) is 1. The van der Waals surface area contributed by atoms with E-state index < -0.39 is 0 Å². The van der Waals surface area contributed by atoms with Crippen molar-refractivity contribution in [3.05, 3.63) is 18.0 Å². The molecule has 0 radical (unpaired) electrons. The molecule has 118 valence electrons. The number of rotatable bonds is 5. The van der Waals surface area contributed by atoms with Crippen LogP contribution in [0.2, 0.25) is 0 Å². The molecule has 3 rings (SSSR count). The van der Waals surface area contributed by atoms with Gasteiger partial charge in [-0.05, 0) is 31.7 Å². The Labute approximate surface area is 128 Å². The Morgan fingerprint density at radius 3 is 2.90 bits per heavy atom. The lowest BCUT2D eigenvalue weighted by atomic mass is 9.83. The summed E-state index contributed by atoms with van der Waals surface area (Å²) in [5.74, 6) is 0. The van der Waals surface area contributed by atoms with E-state index in [2.05, 4.69) is 35.0 Å². The molecule has 1 atom stereocenters. The number of hydrogen-bond donors (Lipinski definition) is 1. The normalized spacial score (nSPS) is 25.0. The molecule has 1 aromatic heterocycles. The van der Waals surface area contributed by atoms with Crippen molar-refractivity contribution in [2.24, 2.45) is 0 Å². The molecule has 4 heteroatoms. The predicted octanol–water partition coefficient (Wildman–Crippen LogP) is 3.26. The van der Waals surface area contributed by atoms with Crippen LogP contribution in [0.25, 0.3) is 0 Å². The van der Waals surface area contributed by atoms with Crippen LogP contribution in [-0.2, 0) is 17.8 Å². The van der Waals surface area contributed by atoms with Gasteiger partial charge in [0.15, 0.2) is 0 Å². The van der Waals surface area contributed by atoms with Gasteiger partial charge in [-0.1, -0.05) is 33.1 Å². The third kappa shape index (κ3) is 3.67. The highest BCUT2D eigenvalue weighted by molar-refractivity contribution is 5.01. The zero-order valence-corrected chi connectivity index (χ0v) is 13.5. The maximum Gasteiger partial charge on any atom is 0.0779 e. The lowest BCUT2D eigenvalue weighted by Gasteiger charge is -2.33. The van der Waals surface area contributed by atoms with Crippen molar-refractivity contribution in [3.8, 4) is 0 Å². The molecule has 0 bridgehead atoms. The Hall–Kier alpha value is -0.870.